The van der Waals surface area contributed by atoms with E-state index in [1.807, 2.05) is 12.1 Å². The summed E-state index contributed by atoms with van der Waals surface area (Å²) in [6.45, 7) is 9.10. The molecule has 0 bridgehead atoms. The summed E-state index contributed by atoms with van der Waals surface area (Å²) < 4.78 is 5.60. The Morgan fingerprint density at radius 1 is 0.897 bits per heavy atom. The zero-order chi connectivity index (χ0) is 39.9. The molecule has 5 aliphatic rings. The number of imide groups is 1. The molecule has 1 atom stereocenters. The third-order valence-corrected chi connectivity index (χ3v) is 13.6. The smallest absolute Gasteiger partial charge is 0.260 e. The van der Waals surface area contributed by atoms with Crippen molar-refractivity contribution in [3.8, 4) is 11.9 Å². The molecule has 4 fully saturated rings. The molecule has 4 aromatic rings. The average molecular weight is 804 g/mol. The maximum Gasteiger partial charge on any atom is 0.260 e. The first-order valence-corrected chi connectivity index (χ1v) is 21.1. The Kier molecular flexibility index (Phi) is 10.6. The second kappa shape index (κ2) is 16.1. The van der Waals surface area contributed by atoms with Gasteiger partial charge in [0.15, 0.2) is 0 Å². The Morgan fingerprint density at radius 3 is 2.34 bits per heavy atom. The summed E-state index contributed by atoms with van der Waals surface area (Å²) in [6, 6.07) is 16.9. The molecular weight excluding hydrogens is 754 g/mol. The lowest BCUT2D eigenvalue weighted by molar-refractivity contribution is -0.136. The van der Waals surface area contributed by atoms with Gasteiger partial charge in [0.25, 0.3) is 5.91 Å². The number of benzene rings is 2. The Balaban J connectivity index is 0.720. The molecule has 2 aromatic carbocycles. The first-order chi connectivity index (χ1) is 28.3. The second-order valence-corrected chi connectivity index (χ2v) is 16.9. The summed E-state index contributed by atoms with van der Waals surface area (Å²) in [5.41, 5.74) is 6.63. The van der Waals surface area contributed by atoms with Crippen LogP contribution in [0.5, 0.6) is 5.88 Å². The van der Waals surface area contributed by atoms with Crippen LogP contribution in [0.4, 0.5) is 17.2 Å². The highest BCUT2D eigenvalue weighted by molar-refractivity contribution is 6.36. The van der Waals surface area contributed by atoms with Crippen LogP contribution >= 0.6 is 11.6 Å². The van der Waals surface area contributed by atoms with Crippen molar-refractivity contribution >= 4 is 57.4 Å². The number of methoxy groups -OCH3 is 1. The minimum atomic E-state index is -0.671. The van der Waals surface area contributed by atoms with Crippen molar-refractivity contribution in [1.29, 1.82) is 5.26 Å². The number of carbonyl (C=O) groups excluding carboxylic acids is 3. The number of rotatable bonds is 9. The number of H-pyrrole nitrogens is 1. The zero-order valence-electron chi connectivity index (χ0n) is 33.0. The topological polar surface area (TPSA) is 141 Å². The van der Waals surface area contributed by atoms with Gasteiger partial charge in [-0.1, -0.05) is 23.7 Å². The maximum absolute atomic E-state index is 13.4. The van der Waals surface area contributed by atoms with E-state index in [0.717, 1.165) is 106 Å². The van der Waals surface area contributed by atoms with Crippen LogP contribution < -0.4 is 24.8 Å². The summed E-state index contributed by atoms with van der Waals surface area (Å²) in [5, 5.41) is 13.3. The van der Waals surface area contributed by atoms with Crippen molar-refractivity contribution in [1.82, 2.24) is 25.1 Å². The van der Waals surface area contributed by atoms with Gasteiger partial charge in [0, 0.05) is 82.6 Å². The lowest BCUT2D eigenvalue weighted by atomic mass is 9.88. The van der Waals surface area contributed by atoms with E-state index >= 15 is 0 Å². The molecule has 13 nitrogen and oxygen atoms in total. The molecule has 14 heteroatoms. The molecule has 7 heterocycles. The third-order valence-electron chi connectivity index (χ3n) is 13.3. The van der Waals surface area contributed by atoms with Crippen molar-refractivity contribution in [3.05, 3.63) is 75.9 Å². The maximum atomic E-state index is 13.4. The molecule has 0 saturated carbocycles. The summed E-state index contributed by atoms with van der Waals surface area (Å²) in [6.07, 6.45) is 8.10. The predicted octanol–water partition coefficient (Wildman–Crippen LogP) is 5.67. The summed E-state index contributed by atoms with van der Waals surface area (Å²) in [4.78, 5) is 57.0. The van der Waals surface area contributed by atoms with Crippen LogP contribution in [-0.4, -0.2) is 110 Å². The van der Waals surface area contributed by atoms with E-state index in [0.29, 0.717) is 40.9 Å². The van der Waals surface area contributed by atoms with Crippen LogP contribution in [0.1, 0.15) is 77.9 Å². The first kappa shape index (κ1) is 38.2. The molecule has 0 spiro atoms. The number of pyridine rings is 1. The van der Waals surface area contributed by atoms with Crippen molar-refractivity contribution in [3.63, 3.8) is 0 Å². The van der Waals surface area contributed by atoms with Crippen LogP contribution in [-0.2, 0) is 16.1 Å². The molecule has 58 heavy (non-hydrogen) atoms. The van der Waals surface area contributed by atoms with Crippen LogP contribution in [0.2, 0.25) is 5.02 Å². The van der Waals surface area contributed by atoms with E-state index in [9.17, 15) is 19.6 Å². The summed E-state index contributed by atoms with van der Waals surface area (Å²) >= 11 is 6.46. The van der Waals surface area contributed by atoms with E-state index in [1.165, 1.54) is 37.6 Å². The fraction of sp³-hybridized carbons (Fsp3) is 0.477. The predicted molar refractivity (Wildman–Crippen MR) is 224 cm³/mol. The fourth-order valence-corrected chi connectivity index (χ4v) is 10.1. The fourth-order valence-electron chi connectivity index (χ4n) is 9.85. The van der Waals surface area contributed by atoms with Gasteiger partial charge in [0.1, 0.15) is 23.5 Å². The van der Waals surface area contributed by atoms with Gasteiger partial charge in [-0.05, 0) is 98.4 Å². The van der Waals surface area contributed by atoms with Crippen molar-refractivity contribution in [2.75, 3.05) is 80.7 Å². The number of carbonyl (C=O) groups is 3. The van der Waals surface area contributed by atoms with Crippen LogP contribution in [0.25, 0.3) is 10.9 Å². The van der Waals surface area contributed by atoms with Crippen LogP contribution in [0, 0.1) is 17.2 Å². The highest BCUT2D eigenvalue weighted by Gasteiger charge is 2.41. The Hall–Kier alpha value is -5.32. The van der Waals surface area contributed by atoms with Crippen molar-refractivity contribution in [2.45, 2.75) is 63.5 Å². The summed E-state index contributed by atoms with van der Waals surface area (Å²) in [7, 11) is 1.53. The van der Waals surface area contributed by atoms with E-state index in [4.69, 9.17) is 21.3 Å². The van der Waals surface area contributed by atoms with Gasteiger partial charge in [-0.25, -0.2) is 0 Å². The molecule has 9 rings (SSSR count). The number of aromatic amines is 1. The number of hydrogen-bond donors (Lipinski definition) is 2. The molecule has 1 unspecified atom stereocenters. The number of ether oxygens (including phenoxy) is 1. The van der Waals surface area contributed by atoms with Gasteiger partial charge in [-0.15, -0.1) is 0 Å². The first-order valence-electron chi connectivity index (χ1n) is 20.8. The number of nitrogens with zero attached hydrogens (tertiary/aromatic N) is 7. The molecule has 2 N–H and O–H groups in total. The molecular formula is C44H50ClN9O4. The number of nitriles is 1. The van der Waals surface area contributed by atoms with Gasteiger partial charge >= 0.3 is 0 Å². The molecule has 3 amide bonds. The molecule has 2 aromatic heterocycles. The highest BCUT2D eigenvalue weighted by atomic mass is 35.5. The number of amides is 3. The number of aromatic nitrogens is 2. The van der Waals surface area contributed by atoms with Crippen molar-refractivity contribution < 1.29 is 19.1 Å². The number of nitrogens with one attached hydrogen (secondary N) is 2. The van der Waals surface area contributed by atoms with Gasteiger partial charge in [-0.3, -0.25) is 24.6 Å². The van der Waals surface area contributed by atoms with Gasteiger partial charge in [0.05, 0.1) is 28.9 Å². The van der Waals surface area contributed by atoms with E-state index in [1.54, 1.807) is 11.1 Å². The lowest BCUT2D eigenvalue weighted by Crippen LogP contribution is -2.52. The van der Waals surface area contributed by atoms with Gasteiger partial charge in [-0.2, -0.15) is 10.2 Å². The summed E-state index contributed by atoms with van der Waals surface area (Å²) in [5.74, 6) is 1.35. The van der Waals surface area contributed by atoms with Crippen LogP contribution in [0.3, 0.4) is 0 Å². The van der Waals surface area contributed by atoms with Crippen molar-refractivity contribution in [2.24, 2.45) is 5.92 Å². The number of hydrogen-bond acceptors (Lipinski definition) is 10. The molecule has 0 aliphatic carbocycles. The normalized spacial score (nSPS) is 21.1. The Bertz CT molecular complexity index is 2250. The third kappa shape index (κ3) is 7.32. The number of fused-ring (bicyclic) bond motifs is 2. The largest absolute Gasteiger partial charge is 0.480 e. The SMILES string of the molecule is COc1nc(N2CCN(CCC3CCN(c4ccc(C5CCN(c6ccc(Cl)c7c(C#N)c[nH]c67)CC5)cc4)CC3)CC2)cc2c1C(=O)N(C1CCC(=O)NC1=O)C2. The number of piperazine rings is 1. The van der Waals surface area contributed by atoms with E-state index in [2.05, 4.69) is 66.3 Å². The highest BCUT2D eigenvalue weighted by Crippen LogP contribution is 2.39. The molecule has 302 valence electrons. The van der Waals surface area contributed by atoms with Gasteiger partial charge in [0.2, 0.25) is 17.7 Å². The lowest BCUT2D eigenvalue weighted by Gasteiger charge is -2.38. The standard InChI is InChI=1S/C44H50ClN9O4/c1-58-43-40-31(27-54(44(40)57)36-8-9-38(55)49-42(36)56)24-37(48-43)53-22-20-50(21-23-53)15-10-28-11-16-51(17-12-28)33-4-2-29(3-5-33)30-13-18-52(19-14-30)35-7-6-34(45)39-32(25-46)26-47-41(35)39/h2-7,24,26,28,30,36,47H,8-23,27H2,1H3,(H,49,55,56). The van der Waals surface area contributed by atoms with Gasteiger partial charge < -0.3 is 29.3 Å². The zero-order valence-corrected chi connectivity index (χ0v) is 33.8. The number of piperidine rings is 3. The Labute approximate surface area is 343 Å². The molecule has 4 saturated heterocycles. The second-order valence-electron chi connectivity index (χ2n) is 16.5. The number of halogens is 1. The molecule has 0 radical (unpaired) electrons. The monoisotopic (exact) mass is 803 g/mol. The Morgan fingerprint density at radius 2 is 1.64 bits per heavy atom. The van der Waals surface area contributed by atoms with E-state index in [-0.39, 0.29) is 18.2 Å². The number of anilines is 3. The van der Waals surface area contributed by atoms with Crippen LogP contribution in [0.15, 0.2) is 48.7 Å². The van der Waals surface area contributed by atoms with E-state index < -0.39 is 11.9 Å². The minimum Gasteiger partial charge on any atom is -0.480 e. The quantitative estimate of drug-likeness (QED) is 0.204. The average Bonchev–Trinajstić information content (AvgIpc) is 3.85. The minimum absolute atomic E-state index is 0.219. The molecule has 5 aliphatic heterocycles.